The number of hydrogen-bond acceptors (Lipinski definition) is 3. The number of hydrogen-bond donors (Lipinski definition) is 2. The summed E-state index contributed by atoms with van der Waals surface area (Å²) >= 11 is 0. The Bertz CT molecular complexity index is 326. The fourth-order valence-electron chi connectivity index (χ4n) is 3.42. The van der Waals surface area contributed by atoms with Crippen molar-refractivity contribution in [2.75, 3.05) is 6.61 Å². The number of allylic oxidation sites excluding steroid dienone is 2. The monoisotopic (exact) mass is 268 g/mol. The Morgan fingerprint density at radius 3 is 2.53 bits per heavy atom. The van der Waals surface area contributed by atoms with Crippen LogP contribution in [0.1, 0.15) is 44.9 Å². The van der Waals surface area contributed by atoms with E-state index < -0.39 is 5.97 Å². The average Bonchev–Trinajstić information content (AvgIpc) is 2.97. The van der Waals surface area contributed by atoms with E-state index in [1.807, 2.05) is 0 Å². The van der Waals surface area contributed by atoms with Gasteiger partial charge in [-0.25, -0.2) is 0 Å². The fourth-order valence-corrected chi connectivity index (χ4v) is 3.42. The van der Waals surface area contributed by atoms with Crippen LogP contribution in [0.5, 0.6) is 0 Å². The molecule has 2 saturated heterocycles. The Kier molecular flexibility index (Phi) is 5.40. The lowest BCUT2D eigenvalue weighted by Crippen LogP contribution is -2.29. The summed E-state index contributed by atoms with van der Waals surface area (Å²) in [6.45, 7) is 0.244. The van der Waals surface area contributed by atoms with Gasteiger partial charge in [0.2, 0.25) is 0 Å². The quantitative estimate of drug-likeness (QED) is 0.524. The van der Waals surface area contributed by atoms with Crippen LogP contribution >= 0.6 is 0 Å². The number of ether oxygens (including phenoxy) is 1. The van der Waals surface area contributed by atoms with Gasteiger partial charge >= 0.3 is 5.97 Å². The maximum absolute atomic E-state index is 10.3. The second-order valence-electron chi connectivity index (χ2n) is 5.64. The van der Waals surface area contributed by atoms with Gasteiger partial charge in [-0.2, -0.15) is 0 Å². The van der Waals surface area contributed by atoms with E-state index in [2.05, 4.69) is 12.2 Å². The number of aliphatic hydroxyl groups is 1. The number of rotatable bonds is 8. The maximum Gasteiger partial charge on any atom is 0.303 e. The normalized spacial score (nSPS) is 33.3. The largest absolute Gasteiger partial charge is 0.481 e. The van der Waals surface area contributed by atoms with E-state index in [4.69, 9.17) is 9.84 Å². The third-order valence-electron chi connectivity index (χ3n) is 4.40. The van der Waals surface area contributed by atoms with Crippen molar-refractivity contribution >= 4 is 5.97 Å². The van der Waals surface area contributed by atoms with Crippen LogP contribution in [0.15, 0.2) is 12.2 Å². The molecule has 0 amide bonds. The summed E-state index contributed by atoms with van der Waals surface area (Å²) in [5.74, 6) is 0.116. The van der Waals surface area contributed by atoms with Crippen LogP contribution in [0.3, 0.4) is 0 Å². The molecule has 0 unspecified atom stereocenters. The maximum atomic E-state index is 10.3. The summed E-state index contributed by atoms with van der Waals surface area (Å²) < 4.78 is 5.86. The molecule has 2 rings (SSSR count). The number of aliphatic hydroxyl groups excluding tert-OH is 1. The minimum Gasteiger partial charge on any atom is -0.481 e. The van der Waals surface area contributed by atoms with Crippen LogP contribution in [0.25, 0.3) is 0 Å². The zero-order valence-corrected chi connectivity index (χ0v) is 11.3. The van der Waals surface area contributed by atoms with Crippen molar-refractivity contribution in [3.63, 3.8) is 0 Å². The first-order chi connectivity index (χ1) is 9.22. The van der Waals surface area contributed by atoms with Gasteiger partial charge in [-0.05, 0) is 44.4 Å². The van der Waals surface area contributed by atoms with Crippen LogP contribution in [-0.2, 0) is 9.53 Å². The van der Waals surface area contributed by atoms with Crippen molar-refractivity contribution in [2.24, 2.45) is 11.8 Å². The van der Waals surface area contributed by atoms with Crippen molar-refractivity contribution < 1.29 is 19.7 Å². The molecule has 19 heavy (non-hydrogen) atoms. The first-order valence-electron chi connectivity index (χ1n) is 7.35. The van der Waals surface area contributed by atoms with E-state index >= 15 is 0 Å². The molecule has 2 fully saturated rings. The minimum absolute atomic E-state index is 0.244. The van der Waals surface area contributed by atoms with E-state index in [0.717, 1.165) is 32.1 Å². The zero-order valence-electron chi connectivity index (χ0n) is 11.3. The van der Waals surface area contributed by atoms with E-state index in [0.29, 0.717) is 30.5 Å². The Morgan fingerprint density at radius 2 is 1.84 bits per heavy atom. The van der Waals surface area contributed by atoms with Crippen molar-refractivity contribution in [3.05, 3.63) is 12.2 Å². The van der Waals surface area contributed by atoms with Crippen molar-refractivity contribution in [3.8, 4) is 0 Å². The molecule has 4 heteroatoms. The lowest BCUT2D eigenvalue weighted by molar-refractivity contribution is -0.137. The highest BCUT2D eigenvalue weighted by Crippen LogP contribution is 2.45. The highest BCUT2D eigenvalue weighted by molar-refractivity contribution is 5.66. The number of aliphatic carboxylic acids is 1. The van der Waals surface area contributed by atoms with Gasteiger partial charge in [0.15, 0.2) is 0 Å². The molecule has 2 N–H and O–H groups in total. The Morgan fingerprint density at radius 1 is 1.16 bits per heavy atom. The summed E-state index contributed by atoms with van der Waals surface area (Å²) in [5, 5.41) is 17.9. The highest BCUT2D eigenvalue weighted by atomic mass is 16.5. The Balaban J connectivity index is 1.63. The van der Waals surface area contributed by atoms with Gasteiger partial charge in [0, 0.05) is 18.9 Å². The zero-order chi connectivity index (χ0) is 13.7. The first kappa shape index (κ1) is 14.5. The SMILES string of the molecule is O=C(O)CCCC=CCC[C@H]1[C@@H](CO)[C@H]2CC[C@@H]1O2. The number of carbonyl (C=O) groups is 1. The smallest absolute Gasteiger partial charge is 0.303 e. The summed E-state index contributed by atoms with van der Waals surface area (Å²) in [4.78, 5) is 10.3. The third-order valence-corrected chi connectivity index (χ3v) is 4.40. The van der Waals surface area contributed by atoms with E-state index in [9.17, 15) is 9.90 Å². The van der Waals surface area contributed by atoms with Crippen LogP contribution in [-0.4, -0.2) is 35.0 Å². The average molecular weight is 268 g/mol. The molecular weight excluding hydrogens is 244 g/mol. The van der Waals surface area contributed by atoms with Crippen molar-refractivity contribution in [1.29, 1.82) is 0 Å². The number of unbranched alkanes of at least 4 members (excludes halogenated alkanes) is 1. The molecule has 0 saturated carbocycles. The van der Waals surface area contributed by atoms with Gasteiger partial charge in [-0.3, -0.25) is 4.79 Å². The molecule has 0 aromatic carbocycles. The molecule has 0 spiro atoms. The second kappa shape index (κ2) is 7.06. The Hall–Kier alpha value is -0.870. The molecule has 2 heterocycles. The van der Waals surface area contributed by atoms with Gasteiger partial charge in [0.1, 0.15) is 0 Å². The molecule has 2 bridgehead atoms. The summed E-state index contributed by atoms with van der Waals surface area (Å²) in [5.41, 5.74) is 0. The molecule has 4 nitrogen and oxygen atoms in total. The van der Waals surface area contributed by atoms with Gasteiger partial charge in [-0.15, -0.1) is 0 Å². The van der Waals surface area contributed by atoms with Crippen LogP contribution in [0.4, 0.5) is 0 Å². The molecular formula is C15H24O4. The van der Waals surface area contributed by atoms with E-state index in [1.165, 1.54) is 0 Å². The van der Waals surface area contributed by atoms with Crippen molar-refractivity contribution in [1.82, 2.24) is 0 Å². The summed E-state index contributed by atoms with van der Waals surface area (Å²) in [6, 6.07) is 0. The van der Waals surface area contributed by atoms with Crippen LogP contribution in [0, 0.1) is 11.8 Å². The predicted molar refractivity (Wildman–Crippen MR) is 71.8 cm³/mol. The summed E-state index contributed by atoms with van der Waals surface area (Å²) in [7, 11) is 0. The summed E-state index contributed by atoms with van der Waals surface area (Å²) in [6.07, 6.45) is 11.0. The number of fused-ring (bicyclic) bond motifs is 2. The molecule has 2 aliphatic rings. The lowest BCUT2D eigenvalue weighted by atomic mass is 9.77. The van der Waals surface area contributed by atoms with Crippen LogP contribution < -0.4 is 0 Å². The second-order valence-corrected chi connectivity index (χ2v) is 5.64. The lowest BCUT2D eigenvalue weighted by Gasteiger charge is -2.25. The standard InChI is InChI=1S/C15H24O4/c16-10-12-11(13-8-9-14(12)19-13)6-4-2-1-3-5-7-15(17)18/h1-2,11-14,16H,3-10H2,(H,17,18)/t11-,12+,13-,14+/m0/s1. The van der Waals surface area contributed by atoms with E-state index in [-0.39, 0.29) is 13.0 Å². The fraction of sp³-hybridized carbons (Fsp3) is 0.800. The van der Waals surface area contributed by atoms with Crippen LogP contribution in [0.2, 0.25) is 0 Å². The van der Waals surface area contributed by atoms with E-state index in [1.54, 1.807) is 0 Å². The topological polar surface area (TPSA) is 66.8 Å². The first-order valence-corrected chi connectivity index (χ1v) is 7.35. The molecule has 108 valence electrons. The minimum atomic E-state index is -0.724. The number of carboxylic acids is 1. The van der Waals surface area contributed by atoms with Gasteiger partial charge in [0.05, 0.1) is 12.2 Å². The van der Waals surface area contributed by atoms with Gasteiger partial charge in [-0.1, -0.05) is 12.2 Å². The molecule has 2 aliphatic heterocycles. The molecule has 0 aromatic rings. The predicted octanol–water partition coefficient (Wildman–Crippen LogP) is 2.36. The molecule has 4 atom stereocenters. The van der Waals surface area contributed by atoms with Gasteiger partial charge < -0.3 is 14.9 Å². The Labute approximate surface area is 114 Å². The number of carboxylic acid groups (broad SMARTS) is 1. The molecule has 0 aliphatic carbocycles. The van der Waals surface area contributed by atoms with Crippen molar-refractivity contribution in [2.45, 2.75) is 57.2 Å². The highest BCUT2D eigenvalue weighted by Gasteiger charge is 2.47. The third kappa shape index (κ3) is 3.80. The van der Waals surface area contributed by atoms with Gasteiger partial charge in [0.25, 0.3) is 0 Å². The molecule has 0 radical (unpaired) electrons. The molecule has 0 aromatic heterocycles.